The van der Waals surface area contributed by atoms with Crippen LogP contribution in [0.3, 0.4) is 0 Å². The summed E-state index contributed by atoms with van der Waals surface area (Å²) in [6.07, 6.45) is 0.685. The fraction of sp³-hybridized carbons (Fsp3) is 0.476. The van der Waals surface area contributed by atoms with E-state index < -0.39 is 24.4 Å². The molecule has 7 nitrogen and oxygen atoms in total. The smallest absolute Gasteiger partial charge is 0.247 e. The van der Waals surface area contributed by atoms with E-state index in [0.29, 0.717) is 5.57 Å². The highest BCUT2D eigenvalue weighted by molar-refractivity contribution is 6.00. The molecule has 4 atom stereocenters. The number of benzene rings is 1. The van der Waals surface area contributed by atoms with Gasteiger partial charge < -0.3 is 21.1 Å². The summed E-state index contributed by atoms with van der Waals surface area (Å²) in [4.78, 5) is 25.1. The van der Waals surface area contributed by atoms with Gasteiger partial charge in [-0.25, -0.2) is 4.39 Å². The van der Waals surface area contributed by atoms with Crippen molar-refractivity contribution in [1.82, 2.24) is 16.0 Å². The summed E-state index contributed by atoms with van der Waals surface area (Å²) in [6.45, 7) is 4.27. The van der Waals surface area contributed by atoms with Gasteiger partial charge >= 0.3 is 0 Å². The molecule has 2 aliphatic heterocycles. The number of nitrogens with zero attached hydrogens (tertiary/aromatic N) is 1. The summed E-state index contributed by atoms with van der Waals surface area (Å²) in [5.74, 6) is -1.29. The summed E-state index contributed by atoms with van der Waals surface area (Å²) in [5.41, 5.74) is 1.54. The molecule has 2 heterocycles. The Bertz CT molecular complexity index is 892. The lowest BCUT2D eigenvalue weighted by atomic mass is 9.76. The van der Waals surface area contributed by atoms with Crippen molar-refractivity contribution < 1.29 is 19.1 Å². The number of fused-ring (bicyclic) bond motifs is 1. The number of aliphatic hydroxyl groups excluding tert-OH is 1. The van der Waals surface area contributed by atoms with Crippen LogP contribution in [0.25, 0.3) is 0 Å². The van der Waals surface area contributed by atoms with Gasteiger partial charge in [-0.3, -0.25) is 9.59 Å². The third-order valence-corrected chi connectivity index (χ3v) is 5.82. The van der Waals surface area contributed by atoms with Gasteiger partial charge in [-0.05, 0) is 38.9 Å². The van der Waals surface area contributed by atoms with Crippen LogP contribution in [0.15, 0.2) is 29.3 Å². The Hall–Kier alpha value is -2.76. The number of halogens is 1. The van der Waals surface area contributed by atoms with Crippen molar-refractivity contribution in [2.24, 2.45) is 5.92 Å². The van der Waals surface area contributed by atoms with Crippen molar-refractivity contribution in [3.63, 3.8) is 0 Å². The first-order valence-electron chi connectivity index (χ1n) is 9.69. The minimum absolute atomic E-state index is 0.0588. The Balaban J connectivity index is 1.76. The number of aliphatic hydroxyl groups is 1. The van der Waals surface area contributed by atoms with Crippen molar-refractivity contribution in [3.05, 3.63) is 46.3 Å². The van der Waals surface area contributed by atoms with Crippen molar-refractivity contribution in [1.29, 1.82) is 5.26 Å². The monoisotopic (exact) mass is 400 g/mol. The van der Waals surface area contributed by atoms with Crippen molar-refractivity contribution in [2.45, 2.75) is 44.8 Å². The Morgan fingerprint density at radius 1 is 1.48 bits per heavy atom. The van der Waals surface area contributed by atoms with E-state index in [1.807, 2.05) is 13.0 Å². The highest BCUT2D eigenvalue weighted by atomic mass is 19.1. The maximum absolute atomic E-state index is 14.2. The molecule has 0 saturated carbocycles. The quantitative estimate of drug-likeness (QED) is 0.590. The van der Waals surface area contributed by atoms with Crippen molar-refractivity contribution >= 4 is 11.8 Å². The van der Waals surface area contributed by atoms with E-state index in [1.54, 1.807) is 0 Å². The molecule has 1 aromatic rings. The maximum Gasteiger partial charge on any atom is 0.247 e. The lowest BCUT2D eigenvalue weighted by molar-refractivity contribution is -0.125. The second-order valence-corrected chi connectivity index (χ2v) is 7.63. The van der Waals surface area contributed by atoms with Gasteiger partial charge in [-0.2, -0.15) is 5.26 Å². The first-order chi connectivity index (χ1) is 13.8. The van der Waals surface area contributed by atoms with Crippen LogP contribution in [-0.4, -0.2) is 42.2 Å². The summed E-state index contributed by atoms with van der Waals surface area (Å²) in [7, 11) is 0. The number of carbonyl (C=O) groups is 2. The molecule has 2 aliphatic rings. The first kappa shape index (κ1) is 21.0. The molecule has 154 valence electrons. The number of amides is 2. The van der Waals surface area contributed by atoms with E-state index in [0.717, 1.165) is 24.6 Å². The maximum atomic E-state index is 14.2. The summed E-state index contributed by atoms with van der Waals surface area (Å²) >= 11 is 0. The lowest BCUT2D eigenvalue weighted by Gasteiger charge is -2.42. The van der Waals surface area contributed by atoms with Gasteiger partial charge in [0.1, 0.15) is 5.82 Å². The van der Waals surface area contributed by atoms with Crippen LogP contribution >= 0.6 is 0 Å². The van der Waals surface area contributed by atoms with Gasteiger partial charge in [0.05, 0.1) is 30.7 Å². The molecular formula is C21H25FN4O3. The molecule has 3 unspecified atom stereocenters. The fourth-order valence-electron chi connectivity index (χ4n) is 4.32. The van der Waals surface area contributed by atoms with Crippen LogP contribution in [0.5, 0.6) is 0 Å². The molecule has 0 aromatic heterocycles. The molecule has 1 saturated heterocycles. The molecular weight excluding hydrogens is 375 g/mol. The van der Waals surface area contributed by atoms with E-state index in [1.165, 1.54) is 12.1 Å². The number of carbonyl (C=O) groups excluding carboxylic acids is 2. The van der Waals surface area contributed by atoms with Crippen LogP contribution in [0.4, 0.5) is 4.39 Å². The van der Waals surface area contributed by atoms with E-state index in [-0.39, 0.29) is 41.5 Å². The van der Waals surface area contributed by atoms with E-state index in [4.69, 9.17) is 5.26 Å². The number of piperidine rings is 1. The molecule has 1 fully saturated rings. The van der Waals surface area contributed by atoms with Crippen molar-refractivity contribution in [3.8, 4) is 6.07 Å². The number of nitriles is 1. The van der Waals surface area contributed by atoms with Gasteiger partial charge in [0.2, 0.25) is 11.8 Å². The largest absolute Gasteiger partial charge is 0.394 e. The molecule has 4 N–H and O–H groups in total. The van der Waals surface area contributed by atoms with E-state index in [2.05, 4.69) is 22.9 Å². The molecule has 8 heteroatoms. The van der Waals surface area contributed by atoms with Crippen LogP contribution in [0.2, 0.25) is 0 Å². The zero-order chi connectivity index (χ0) is 21.1. The second kappa shape index (κ2) is 8.72. The fourth-order valence-corrected chi connectivity index (χ4v) is 4.32. The Labute approximate surface area is 169 Å². The average molecular weight is 400 g/mol. The summed E-state index contributed by atoms with van der Waals surface area (Å²) in [6, 6.07) is 4.96. The van der Waals surface area contributed by atoms with Crippen LogP contribution in [0.1, 0.15) is 43.9 Å². The Morgan fingerprint density at radius 3 is 2.90 bits per heavy atom. The molecule has 1 aromatic carbocycles. The Morgan fingerprint density at radius 2 is 2.24 bits per heavy atom. The normalized spacial score (nSPS) is 24.9. The van der Waals surface area contributed by atoms with E-state index >= 15 is 0 Å². The van der Waals surface area contributed by atoms with Crippen LogP contribution in [0, 0.1) is 23.1 Å². The van der Waals surface area contributed by atoms with Gasteiger partial charge in [0.25, 0.3) is 0 Å². The van der Waals surface area contributed by atoms with Gasteiger partial charge in [0.15, 0.2) is 0 Å². The average Bonchev–Trinajstić information content (AvgIpc) is 2.69. The zero-order valence-electron chi connectivity index (χ0n) is 16.5. The lowest BCUT2D eigenvalue weighted by Crippen LogP contribution is -2.57. The minimum Gasteiger partial charge on any atom is -0.394 e. The second-order valence-electron chi connectivity index (χ2n) is 7.63. The molecule has 0 spiro atoms. The predicted octanol–water partition coefficient (Wildman–Crippen LogP) is 1.05. The van der Waals surface area contributed by atoms with E-state index in [9.17, 15) is 19.1 Å². The van der Waals surface area contributed by atoms with Crippen LogP contribution in [-0.2, 0) is 9.59 Å². The topological polar surface area (TPSA) is 114 Å². The third kappa shape index (κ3) is 4.31. The highest BCUT2D eigenvalue weighted by Crippen LogP contribution is 2.32. The molecule has 0 aliphatic carbocycles. The first-order valence-corrected chi connectivity index (χ1v) is 9.69. The molecule has 3 rings (SSSR count). The van der Waals surface area contributed by atoms with Gasteiger partial charge in [0, 0.05) is 29.1 Å². The highest BCUT2D eigenvalue weighted by Gasteiger charge is 2.39. The number of nitrogens with one attached hydrogen (secondary N) is 3. The molecule has 2 amide bonds. The number of hydrogen-bond acceptors (Lipinski definition) is 5. The SMILES string of the molecule is CC1=C(CC(=O)N[C@H](CO)c2ccc(C#N)cc2F)C(=O)NC2CCNC(C)C12. The van der Waals surface area contributed by atoms with Gasteiger partial charge in [-0.1, -0.05) is 11.6 Å². The Kier molecular flexibility index (Phi) is 6.30. The van der Waals surface area contributed by atoms with Crippen molar-refractivity contribution in [2.75, 3.05) is 13.2 Å². The molecule has 0 bridgehead atoms. The number of rotatable bonds is 5. The summed E-state index contributed by atoms with van der Waals surface area (Å²) in [5, 5.41) is 27.5. The standard InChI is InChI=1S/C21H25FN4O3/c1-11-15(21(29)26-17-5-6-24-12(2)20(11)17)8-19(28)25-18(10-27)14-4-3-13(9-23)7-16(14)22/h3-4,7,12,17-18,20,24,27H,5-6,8,10H2,1-2H3,(H,25,28)(H,26,29)/t12?,17?,18-,20?/m1/s1. The predicted molar refractivity (Wildman–Crippen MR) is 104 cm³/mol. The molecule has 0 radical (unpaired) electrons. The third-order valence-electron chi connectivity index (χ3n) is 5.82. The minimum atomic E-state index is -0.967. The van der Waals surface area contributed by atoms with Gasteiger partial charge in [-0.15, -0.1) is 0 Å². The number of hydrogen-bond donors (Lipinski definition) is 4. The van der Waals surface area contributed by atoms with Crippen LogP contribution < -0.4 is 16.0 Å². The summed E-state index contributed by atoms with van der Waals surface area (Å²) < 4.78 is 14.2. The molecule has 29 heavy (non-hydrogen) atoms. The zero-order valence-corrected chi connectivity index (χ0v) is 16.5.